The van der Waals surface area contributed by atoms with Gasteiger partial charge >= 0.3 is 5.69 Å². The molecule has 0 spiro atoms. The van der Waals surface area contributed by atoms with Gasteiger partial charge in [0.05, 0.1) is 11.0 Å². The number of aryl methyl sites for hydroxylation is 2. The average Bonchev–Trinajstić information content (AvgIpc) is 2.76. The molecule has 1 heterocycles. The second kappa shape index (κ2) is 6.27. The van der Waals surface area contributed by atoms with Crippen molar-refractivity contribution in [2.24, 2.45) is 7.05 Å². The van der Waals surface area contributed by atoms with Crippen LogP contribution in [0.3, 0.4) is 0 Å². The molecule has 3 rings (SSSR count). The molecule has 5 nitrogen and oxygen atoms in total. The SMILES string of the molecule is Cn1c(=O)n(CCC(=O)Nc2cc(F)cc(F)c2)c2ccccc21. The predicted octanol–water partition coefficient (Wildman–Crippen LogP) is 2.65. The molecule has 1 N–H and O–H groups in total. The monoisotopic (exact) mass is 331 g/mol. The second-order valence-electron chi connectivity index (χ2n) is 5.44. The Labute approximate surface area is 136 Å². The maximum absolute atomic E-state index is 13.1. The van der Waals surface area contributed by atoms with E-state index in [0.717, 1.165) is 29.2 Å². The van der Waals surface area contributed by atoms with E-state index in [0.29, 0.717) is 0 Å². The number of aromatic nitrogens is 2. The minimum atomic E-state index is -0.768. The van der Waals surface area contributed by atoms with Crippen LogP contribution in [-0.2, 0) is 18.4 Å². The lowest BCUT2D eigenvalue weighted by atomic mass is 10.2. The first-order valence-corrected chi connectivity index (χ1v) is 7.36. The summed E-state index contributed by atoms with van der Waals surface area (Å²) in [4.78, 5) is 24.2. The molecule has 3 aromatic rings. The Morgan fingerprint density at radius 3 is 2.38 bits per heavy atom. The fraction of sp³-hybridized carbons (Fsp3) is 0.176. The molecule has 0 saturated heterocycles. The molecular weight excluding hydrogens is 316 g/mol. The molecule has 1 aromatic heterocycles. The molecule has 124 valence electrons. The lowest BCUT2D eigenvalue weighted by Gasteiger charge is -2.06. The van der Waals surface area contributed by atoms with Crippen molar-refractivity contribution in [3.8, 4) is 0 Å². The standard InChI is InChI=1S/C17H15F2N3O2/c1-21-14-4-2-3-5-15(14)22(17(21)24)7-6-16(23)20-13-9-11(18)8-12(19)10-13/h2-5,8-10H,6-7H2,1H3,(H,20,23). The Morgan fingerprint density at radius 1 is 1.08 bits per heavy atom. The lowest BCUT2D eigenvalue weighted by Crippen LogP contribution is -2.24. The van der Waals surface area contributed by atoms with Gasteiger partial charge in [0.25, 0.3) is 0 Å². The summed E-state index contributed by atoms with van der Waals surface area (Å²) < 4.78 is 29.2. The number of halogens is 2. The van der Waals surface area contributed by atoms with Crippen LogP contribution < -0.4 is 11.0 Å². The molecule has 0 saturated carbocycles. The van der Waals surface area contributed by atoms with E-state index >= 15 is 0 Å². The quantitative estimate of drug-likeness (QED) is 0.799. The van der Waals surface area contributed by atoms with E-state index in [-0.39, 0.29) is 24.3 Å². The molecule has 1 amide bonds. The number of hydrogen-bond donors (Lipinski definition) is 1. The van der Waals surface area contributed by atoms with Crippen LogP contribution in [0.1, 0.15) is 6.42 Å². The number of anilines is 1. The minimum absolute atomic E-state index is 0.00600. The van der Waals surface area contributed by atoms with Gasteiger partial charge in [0.1, 0.15) is 11.6 Å². The van der Waals surface area contributed by atoms with Gasteiger partial charge in [0.2, 0.25) is 5.91 Å². The van der Waals surface area contributed by atoms with Crippen LogP contribution in [0.2, 0.25) is 0 Å². The van der Waals surface area contributed by atoms with Gasteiger partial charge in [-0.1, -0.05) is 12.1 Å². The van der Waals surface area contributed by atoms with Crippen LogP contribution in [-0.4, -0.2) is 15.0 Å². The number of benzene rings is 2. The smallest absolute Gasteiger partial charge is 0.326 e. The lowest BCUT2D eigenvalue weighted by molar-refractivity contribution is -0.116. The fourth-order valence-corrected chi connectivity index (χ4v) is 2.64. The van der Waals surface area contributed by atoms with Crippen molar-refractivity contribution in [2.75, 3.05) is 5.32 Å². The molecule has 0 fully saturated rings. The maximum Gasteiger partial charge on any atom is 0.328 e. The van der Waals surface area contributed by atoms with E-state index in [1.54, 1.807) is 13.1 Å². The summed E-state index contributed by atoms with van der Waals surface area (Å²) in [5.41, 5.74) is 1.33. The fourth-order valence-electron chi connectivity index (χ4n) is 2.64. The van der Waals surface area contributed by atoms with Gasteiger partial charge in [-0.2, -0.15) is 0 Å². The molecule has 0 bridgehead atoms. The molecule has 2 aromatic carbocycles. The van der Waals surface area contributed by atoms with Crippen molar-refractivity contribution >= 4 is 22.6 Å². The third kappa shape index (κ3) is 3.05. The van der Waals surface area contributed by atoms with Crippen molar-refractivity contribution in [3.05, 3.63) is 64.6 Å². The Balaban J connectivity index is 1.75. The van der Waals surface area contributed by atoms with E-state index in [1.165, 1.54) is 9.13 Å². The number of hydrogen-bond acceptors (Lipinski definition) is 2. The summed E-state index contributed by atoms with van der Waals surface area (Å²) in [5.74, 6) is -1.97. The van der Waals surface area contributed by atoms with Crippen LogP contribution in [0.5, 0.6) is 0 Å². The normalized spacial score (nSPS) is 11.0. The van der Waals surface area contributed by atoms with Crippen molar-refractivity contribution in [1.29, 1.82) is 0 Å². The number of amides is 1. The van der Waals surface area contributed by atoms with Gasteiger partial charge in [-0.05, 0) is 24.3 Å². The Kier molecular flexibility index (Phi) is 4.16. The Bertz CT molecular complexity index is 955. The average molecular weight is 331 g/mol. The first kappa shape index (κ1) is 15.9. The highest BCUT2D eigenvalue weighted by Crippen LogP contribution is 2.14. The Hall–Kier alpha value is -2.96. The summed E-state index contributed by atoms with van der Waals surface area (Å²) >= 11 is 0. The Morgan fingerprint density at radius 2 is 1.71 bits per heavy atom. The topological polar surface area (TPSA) is 56.0 Å². The highest BCUT2D eigenvalue weighted by molar-refractivity contribution is 5.90. The molecule has 0 radical (unpaired) electrons. The van der Waals surface area contributed by atoms with E-state index in [1.807, 2.05) is 18.2 Å². The van der Waals surface area contributed by atoms with Gasteiger partial charge in [0.15, 0.2) is 0 Å². The molecular formula is C17H15F2N3O2. The van der Waals surface area contributed by atoms with E-state index in [2.05, 4.69) is 5.32 Å². The molecule has 0 aliphatic heterocycles. The van der Waals surface area contributed by atoms with Gasteiger partial charge in [0, 0.05) is 31.8 Å². The maximum atomic E-state index is 13.1. The number of carbonyl (C=O) groups is 1. The number of rotatable bonds is 4. The molecule has 24 heavy (non-hydrogen) atoms. The molecule has 0 aliphatic rings. The highest BCUT2D eigenvalue weighted by Gasteiger charge is 2.12. The molecule has 0 unspecified atom stereocenters. The van der Waals surface area contributed by atoms with E-state index in [9.17, 15) is 18.4 Å². The predicted molar refractivity (Wildman–Crippen MR) is 86.8 cm³/mol. The summed E-state index contributed by atoms with van der Waals surface area (Å²) in [6.07, 6.45) is 0.00600. The third-order valence-corrected chi connectivity index (χ3v) is 3.76. The zero-order valence-corrected chi connectivity index (χ0v) is 12.9. The number of nitrogens with zero attached hydrogens (tertiary/aromatic N) is 2. The zero-order chi connectivity index (χ0) is 17.3. The van der Waals surface area contributed by atoms with Crippen LogP contribution in [0, 0.1) is 11.6 Å². The summed E-state index contributed by atoms with van der Waals surface area (Å²) in [5, 5.41) is 2.43. The van der Waals surface area contributed by atoms with E-state index < -0.39 is 17.5 Å². The van der Waals surface area contributed by atoms with Crippen LogP contribution in [0.4, 0.5) is 14.5 Å². The second-order valence-corrected chi connectivity index (χ2v) is 5.44. The first-order valence-electron chi connectivity index (χ1n) is 7.36. The van der Waals surface area contributed by atoms with Crippen LogP contribution >= 0.6 is 0 Å². The third-order valence-electron chi connectivity index (χ3n) is 3.76. The first-order chi connectivity index (χ1) is 11.5. The summed E-state index contributed by atoms with van der Waals surface area (Å²) in [7, 11) is 1.66. The molecule has 7 heteroatoms. The van der Waals surface area contributed by atoms with Crippen LogP contribution in [0.25, 0.3) is 11.0 Å². The zero-order valence-electron chi connectivity index (χ0n) is 12.9. The van der Waals surface area contributed by atoms with Gasteiger partial charge in [-0.15, -0.1) is 0 Å². The molecule has 0 atom stereocenters. The number of nitrogens with one attached hydrogen (secondary N) is 1. The largest absolute Gasteiger partial charge is 0.328 e. The van der Waals surface area contributed by atoms with E-state index in [4.69, 9.17) is 0 Å². The number of imidazole rings is 1. The van der Waals surface area contributed by atoms with Crippen molar-refractivity contribution < 1.29 is 13.6 Å². The van der Waals surface area contributed by atoms with Crippen LogP contribution in [0.15, 0.2) is 47.3 Å². The van der Waals surface area contributed by atoms with Gasteiger partial charge < -0.3 is 5.32 Å². The number of para-hydroxylation sites is 2. The summed E-state index contributed by atoms with van der Waals surface area (Å²) in [6, 6.07) is 10.1. The summed E-state index contributed by atoms with van der Waals surface area (Å²) in [6.45, 7) is 0.170. The van der Waals surface area contributed by atoms with Gasteiger partial charge in [-0.25, -0.2) is 13.6 Å². The highest BCUT2D eigenvalue weighted by atomic mass is 19.1. The number of carbonyl (C=O) groups excluding carboxylic acids is 1. The van der Waals surface area contributed by atoms with Crippen molar-refractivity contribution in [1.82, 2.24) is 9.13 Å². The van der Waals surface area contributed by atoms with Crippen molar-refractivity contribution in [2.45, 2.75) is 13.0 Å². The number of fused-ring (bicyclic) bond motifs is 1. The van der Waals surface area contributed by atoms with Crippen molar-refractivity contribution in [3.63, 3.8) is 0 Å². The minimum Gasteiger partial charge on any atom is -0.326 e. The molecule has 0 aliphatic carbocycles. The van der Waals surface area contributed by atoms with Gasteiger partial charge in [-0.3, -0.25) is 13.9 Å².